The Morgan fingerprint density at radius 2 is 2.10 bits per heavy atom. The maximum absolute atomic E-state index is 12.1. The van der Waals surface area contributed by atoms with E-state index in [0.29, 0.717) is 18.9 Å². The second kappa shape index (κ2) is 7.03. The molecule has 112 valence electrons. The van der Waals surface area contributed by atoms with Crippen LogP contribution in [0.15, 0.2) is 29.2 Å². The quantitative estimate of drug-likeness (QED) is 0.767. The first-order valence-electron chi connectivity index (χ1n) is 6.57. The molecule has 7 heteroatoms. The van der Waals surface area contributed by atoms with Crippen molar-refractivity contribution in [2.75, 3.05) is 26.4 Å². The van der Waals surface area contributed by atoms with Crippen molar-refractivity contribution in [1.82, 2.24) is 4.72 Å². The second-order valence-corrected chi connectivity index (χ2v) is 6.30. The van der Waals surface area contributed by atoms with Gasteiger partial charge in [-0.15, -0.1) is 0 Å². The summed E-state index contributed by atoms with van der Waals surface area (Å²) in [5.74, 6) is 0.525. The van der Waals surface area contributed by atoms with Gasteiger partial charge in [0, 0.05) is 13.2 Å². The van der Waals surface area contributed by atoms with E-state index in [0.717, 1.165) is 12.8 Å². The van der Waals surface area contributed by atoms with Crippen LogP contribution in [0, 0.1) is 0 Å². The van der Waals surface area contributed by atoms with Crippen molar-refractivity contribution < 1.29 is 23.0 Å². The summed E-state index contributed by atoms with van der Waals surface area (Å²) in [5.41, 5.74) is 0. The molecule has 2 rings (SSSR count). The van der Waals surface area contributed by atoms with Crippen molar-refractivity contribution in [3.63, 3.8) is 0 Å². The van der Waals surface area contributed by atoms with Gasteiger partial charge in [0.15, 0.2) is 0 Å². The third-order valence-corrected chi connectivity index (χ3v) is 4.46. The van der Waals surface area contributed by atoms with Gasteiger partial charge in [-0.2, -0.15) is 0 Å². The molecule has 0 radical (unpaired) electrons. The van der Waals surface area contributed by atoms with Gasteiger partial charge in [0.05, 0.1) is 17.6 Å². The fourth-order valence-corrected chi connectivity index (χ4v) is 3.04. The van der Waals surface area contributed by atoms with Gasteiger partial charge in [-0.05, 0) is 37.1 Å². The van der Waals surface area contributed by atoms with Crippen LogP contribution in [0.25, 0.3) is 0 Å². The average molecular weight is 301 g/mol. The van der Waals surface area contributed by atoms with Crippen molar-refractivity contribution >= 4 is 10.0 Å². The summed E-state index contributed by atoms with van der Waals surface area (Å²) in [7, 11) is -3.52. The van der Waals surface area contributed by atoms with Gasteiger partial charge < -0.3 is 14.6 Å². The third kappa shape index (κ3) is 4.17. The first kappa shape index (κ1) is 15.2. The molecule has 6 nitrogen and oxygen atoms in total. The lowest BCUT2D eigenvalue weighted by molar-refractivity contribution is 0.114. The Labute approximate surface area is 118 Å². The minimum absolute atomic E-state index is 0.0306. The molecule has 2 N–H and O–H groups in total. The van der Waals surface area contributed by atoms with Crippen LogP contribution in [-0.2, 0) is 14.8 Å². The highest BCUT2D eigenvalue weighted by Gasteiger charge is 2.20. The topological polar surface area (TPSA) is 84.9 Å². The fourth-order valence-electron chi connectivity index (χ4n) is 1.97. The standard InChI is InChI=1S/C13H19NO5S/c15-7-9-19-11-3-5-13(6-4-11)20(16,17)14-10-12-2-1-8-18-12/h3-6,12,14-15H,1-2,7-10H2. The molecular weight excluding hydrogens is 282 g/mol. The van der Waals surface area contributed by atoms with Crippen LogP contribution in [0.3, 0.4) is 0 Å². The first-order chi connectivity index (χ1) is 9.62. The van der Waals surface area contributed by atoms with Gasteiger partial charge in [0.25, 0.3) is 0 Å². The lowest BCUT2D eigenvalue weighted by Gasteiger charge is -2.11. The number of rotatable bonds is 7. The summed E-state index contributed by atoms with van der Waals surface area (Å²) in [6, 6.07) is 6.08. The van der Waals surface area contributed by atoms with Crippen molar-refractivity contribution in [2.45, 2.75) is 23.8 Å². The van der Waals surface area contributed by atoms with Gasteiger partial charge in [-0.25, -0.2) is 13.1 Å². The second-order valence-electron chi connectivity index (χ2n) is 4.53. The molecule has 1 aromatic carbocycles. The minimum Gasteiger partial charge on any atom is -0.491 e. The third-order valence-electron chi connectivity index (χ3n) is 3.02. The molecule has 0 spiro atoms. The van der Waals surface area contributed by atoms with Gasteiger partial charge >= 0.3 is 0 Å². The molecule has 0 aliphatic carbocycles. The molecule has 1 aliphatic rings. The number of benzene rings is 1. The summed E-state index contributed by atoms with van der Waals surface area (Å²) in [6.45, 7) is 1.10. The van der Waals surface area contributed by atoms with E-state index in [1.807, 2.05) is 0 Å². The van der Waals surface area contributed by atoms with E-state index >= 15 is 0 Å². The Bertz CT molecular complexity index is 508. The minimum atomic E-state index is -3.52. The van der Waals surface area contributed by atoms with Crippen molar-refractivity contribution in [3.8, 4) is 5.75 Å². The zero-order valence-electron chi connectivity index (χ0n) is 11.1. The van der Waals surface area contributed by atoms with E-state index in [1.54, 1.807) is 12.1 Å². The highest BCUT2D eigenvalue weighted by molar-refractivity contribution is 7.89. The molecule has 1 aliphatic heterocycles. The smallest absolute Gasteiger partial charge is 0.240 e. The van der Waals surface area contributed by atoms with E-state index in [-0.39, 0.29) is 24.2 Å². The average Bonchev–Trinajstić information content (AvgIpc) is 2.97. The van der Waals surface area contributed by atoms with E-state index in [4.69, 9.17) is 14.6 Å². The normalized spacial score (nSPS) is 19.1. The Morgan fingerprint density at radius 3 is 2.70 bits per heavy atom. The zero-order chi connectivity index (χ0) is 14.4. The lowest BCUT2D eigenvalue weighted by Crippen LogP contribution is -2.31. The summed E-state index contributed by atoms with van der Waals surface area (Å²) in [5, 5.41) is 8.64. The number of nitrogens with one attached hydrogen (secondary N) is 1. The SMILES string of the molecule is O=S(=O)(NCC1CCCO1)c1ccc(OCCO)cc1. The van der Waals surface area contributed by atoms with Crippen LogP contribution in [0.2, 0.25) is 0 Å². The summed E-state index contributed by atoms with van der Waals surface area (Å²) in [6.07, 6.45) is 1.83. The molecule has 1 fully saturated rings. The van der Waals surface area contributed by atoms with Crippen molar-refractivity contribution in [3.05, 3.63) is 24.3 Å². The van der Waals surface area contributed by atoms with Gasteiger partial charge in [-0.1, -0.05) is 0 Å². The molecule has 0 amide bonds. The highest BCUT2D eigenvalue weighted by Crippen LogP contribution is 2.17. The van der Waals surface area contributed by atoms with Crippen LogP contribution in [-0.4, -0.2) is 46.0 Å². The summed E-state index contributed by atoms with van der Waals surface area (Å²) in [4.78, 5) is 0.187. The molecule has 20 heavy (non-hydrogen) atoms. The van der Waals surface area contributed by atoms with Crippen molar-refractivity contribution in [1.29, 1.82) is 0 Å². The molecule has 1 heterocycles. The molecular formula is C13H19NO5S. The van der Waals surface area contributed by atoms with E-state index in [1.165, 1.54) is 12.1 Å². The first-order valence-corrected chi connectivity index (χ1v) is 8.05. The van der Waals surface area contributed by atoms with Crippen molar-refractivity contribution in [2.24, 2.45) is 0 Å². The number of hydrogen-bond donors (Lipinski definition) is 2. The molecule has 1 unspecified atom stereocenters. The molecule has 1 saturated heterocycles. The summed E-state index contributed by atoms with van der Waals surface area (Å²) < 4.78 is 37.2. The van der Waals surface area contributed by atoms with Crippen LogP contribution in [0.4, 0.5) is 0 Å². The number of ether oxygens (including phenoxy) is 2. The summed E-state index contributed by atoms with van der Waals surface area (Å²) >= 11 is 0. The predicted molar refractivity (Wildman–Crippen MR) is 73.2 cm³/mol. The molecule has 0 bridgehead atoms. The van der Waals surface area contributed by atoms with Gasteiger partial charge in [0.1, 0.15) is 12.4 Å². The number of sulfonamides is 1. The van der Waals surface area contributed by atoms with Crippen LogP contribution < -0.4 is 9.46 Å². The van der Waals surface area contributed by atoms with E-state index in [9.17, 15) is 8.42 Å². The maximum Gasteiger partial charge on any atom is 0.240 e. The Hall–Kier alpha value is -1.15. The Kier molecular flexibility index (Phi) is 5.36. The molecule has 0 aromatic heterocycles. The number of hydrogen-bond acceptors (Lipinski definition) is 5. The van der Waals surface area contributed by atoms with Gasteiger partial charge in [-0.3, -0.25) is 0 Å². The molecule has 1 atom stereocenters. The van der Waals surface area contributed by atoms with Crippen LogP contribution in [0.5, 0.6) is 5.75 Å². The zero-order valence-corrected chi connectivity index (χ0v) is 11.9. The lowest BCUT2D eigenvalue weighted by atomic mass is 10.2. The monoisotopic (exact) mass is 301 g/mol. The maximum atomic E-state index is 12.1. The Morgan fingerprint density at radius 1 is 1.35 bits per heavy atom. The molecule has 0 saturated carbocycles. The van der Waals surface area contributed by atoms with E-state index in [2.05, 4.69) is 4.72 Å². The number of aliphatic hydroxyl groups excluding tert-OH is 1. The van der Waals surface area contributed by atoms with Crippen LogP contribution in [0.1, 0.15) is 12.8 Å². The predicted octanol–water partition coefficient (Wildman–Crippen LogP) is 0.515. The molecule has 1 aromatic rings. The number of aliphatic hydroxyl groups is 1. The highest BCUT2D eigenvalue weighted by atomic mass is 32.2. The Balaban J connectivity index is 1.94. The van der Waals surface area contributed by atoms with Gasteiger partial charge in [0.2, 0.25) is 10.0 Å². The fraction of sp³-hybridized carbons (Fsp3) is 0.538. The van der Waals surface area contributed by atoms with Crippen LogP contribution >= 0.6 is 0 Å². The van der Waals surface area contributed by atoms with E-state index < -0.39 is 10.0 Å². The largest absolute Gasteiger partial charge is 0.491 e.